The molecule has 0 fully saturated rings. The average Bonchev–Trinajstić information content (AvgIpc) is 3.54. The Labute approximate surface area is 272 Å². The minimum Gasteiger partial charge on any atom is -0.490 e. The molecule has 0 aliphatic carbocycles. The first-order valence-electron chi connectivity index (χ1n) is 15.7. The van der Waals surface area contributed by atoms with E-state index in [0.29, 0.717) is 52.0 Å². The highest BCUT2D eigenvalue weighted by atomic mass is 19.1. The van der Waals surface area contributed by atoms with E-state index in [1.807, 2.05) is 43.8 Å². The summed E-state index contributed by atoms with van der Waals surface area (Å²) in [6, 6.07) is 8.85. The predicted molar refractivity (Wildman–Crippen MR) is 177 cm³/mol. The lowest BCUT2D eigenvalue weighted by Crippen LogP contribution is -2.28. The van der Waals surface area contributed by atoms with Crippen LogP contribution in [0.15, 0.2) is 36.5 Å². The van der Waals surface area contributed by atoms with E-state index in [9.17, 15) is 14.7 Å². The van der Waals surface area contributed by atoms with Crippen molar-refractivity contribution in [3.63, 3.8) is 0 Å². The molecule has 1 N–H and O–H groups in total. The summed E-state index contributed by atoms with van der Waals surface area (Å²) in [5.41, 5.74) is 5.55. The molecule has 0 radical (unpaired) electrons. The Morgan fingerprint density at radius 1 is 1.17 bits per heavy atom. The van der Waals surface area contributed by atoms with Crippen molar-refractivity contribution >= 4 is 33.8 Å². The van der Waals surface area contributed by atoms with Crippen molar-refractivity contribution in [1.29, 1.82) is 0 Å². The molecule has 0 bridgehead atoms. The Morgan fingerprint density at radius 3 is 2.62 bits per heavy atom. The van der Waals surface area contributed by atoms with E-state index >= 15 is 4.39 Å². The molecule has 0 saturated heterocycles. The third-order valence-corrected chi connectivity index (χ3v) is 8.90. The largest absolute Gasteiger partial charge is 0.490 e. The van der Waals surface area contributed by atoms with Crippen LogP contribution in [0.2, 0.25) is 0 Å². The quantitative estimate of drug-likeness (QED) is 0.218. The average molecular weight is 642 g/mol. The van der Waals surface area contributed by atoms with Crippen molar-refractivity contribution in [1.82, 2.24) is 24.2 Å². The van der Waals surface area contributed by atoms with Gasteiger partial charge < -0.3 is 24.0 Å². The number of aliphatic carboxylic acids is 1. The van der Waals surface area contributed by atoms with Gasteiger partial charge in [0.2, 0.25) is 0 Å². The van der Waals surface area contributed by atoms with Gasteiger partial charge in [0.05, 0.1) is 30.5 Å². The lowest BCUT2D eigenvalue weighted by atomic mass is 9.86. The molecule has 11 heteroatoms. The summed E-state index contributed by atoms with van der Waals surface area (Å²) in [6.45, 7) is 9.75. The number of carboxylic acids is 1. The van der Waals surface area contributed by atoms with Crippen LogP contribution >= 0.6 is 0 Å². The van der Waals surface area contributed by atoms with Gasteiger partial charge in [-0.1, -0.05) is 0 Å². The summed E-state index contributed by atoms with van der Waals surface area (Å²) in [5.74, 6) is -1.58. The van der Waals surface area contributed by atoms with Gasteiger partial charge in [-0.3, -0.25) is 9.48 Å². The fourth-order valence-corrected chi connectivity index (χ4v) is 6.61. The molecule has 1 atom stereocenters. The van der Waals surface area contributed by atoms with Crippen LogP contribution in [-0.2, 0) is 36.6 Å². The van der Waals surface area contributed by atoms with E-state index in [4.69, 9.17) is 14.5 Å². The number of benzene rings is 2. The molecule has 10 nitrogen and oxygen atoms in total. The van der Waals surface area contributed by atoms with Gasteiger partial charge in [0, 0.05) is 65.6 Å². The number of fused-ring (bicyclic) bond motifs is 3. The number of nitrogens with zero attached hydrogens (tertiary/aromatic N) is 5. The number of rotatable bonds is 7. The molecule has 47 heavy (non-hydrogen) atoms. The molecule has 246 valence electrons. The van der Waals surface area contributed by atoms with Crippen molar-refractivity contribution in [2.24, 2.45) is 14.1 Å². The molecule has 3 aromatic heterocycles. The first-order valence-corrected chi connectivity index (χ1v) is 15.7. The van der Waals surface area contributed by atoms with Gasteiger partial charge in [-0.15, -0.1) is 0 Å². The van der Waals surface area contributed by atoms with Crippen LogP contribution in [-0.4, -0.2) is 60.5 Å². The Balaban J connectivity index is 1.52. The summed E-state index contributed by atoms with van der Waals surface area (Å²) in [5, 5.41) is 16.3. The first kappa shape index (κ1) is 32.2. The molecule has 4 heterocycles. The van der Waals surface area contributed by atoms with E-state index in [0.717, 1.165) is 34.1 Å². The maximum Gasteiger partial charge on any atom is 0.337 e. The van der Waals surface area contributed by atoms with E-state index in [2.05, 4.69) is 5.10 Å². The number of ether oxygens (including phenoxy) is 2. The van der Waals surface area contributed by atoms with Gasteiger partial charge in [0.1, 0.15) is 5.65 Å². The predicted octanol–water partition coefficient (Wildman–Crippen LogP) is 6.42. The zero-order valence-electron chi connectivity index (χ0n) is 28.1. The van der Waals surface area contributed by atoms with Gasteiger partial charge in [-0.05, 0) is 88.9 Å². The Hall–Kier alpha value is -4.77. The highest BCUT2D eigenvalue weighted by Crippen LogP contribution is 2.45. The van der Waals surface area contributed by atoms with Crippen LogP contribution in [0.5, 0.6) is 5.75 Å². The lowest BCUT2D eigenvalue weighted by molar-refractivity contribution is -0.160. The maximum absolute atomic E-state index is 15.7. The number of hydrogen-bond donors (Lipinski definition) is 1. The molecule has 0 saturated carbocycles. The highest BCUT2D eigenvalue weighted by molar-refractivity contribution is 6.00. The zero-order chi connectivity index (χ0) is 33.9. The van der Waals surface area contributed by atoms with E-state index in [1.54, 1.807) is 56.6 Å². The smallest absolute Gasteiger partial charge is 0.337 e. The number of amides is 1. The second-order valence-electron chi connectivity index (χ2n) is 13.4. The fourth-order valence-electron chi connectivity index (χ4n) is 6.61. The van der Waals surface area contributed by atoms with Crippen LogP contribution < -0.4 is 4.74 Å². The van der Waals surface area contributed by atoms with Crippen molar-refractivity contribution in [2.75, 3.05) is 13.7 Å². The molecule has 1 aliphatic rings. The van der Waals surface area contributed by atoms with Crippen LogP contribution in [0.4, 0.5) is 4.39 Å². The number of pyridine rings is 1. The topological polar surface area (TPSA) is 112 Å². The maximum atomic E-state index is 15.7. The molecule has 1 amide bonds. The molecule has 0 unspecified atom stereocenters. The Morgan fingerprint density at radius 2 is 1.91 bits per heavy atom. The molecule has 2 aromatic carbocycles. The monoisotopic (exact) mass is 641 g/mol. The first-order chi connectivity index (χ1) is 22.2. The number of aromatic nitrogens is 4. The number of aryl methyl sites for hydroxylation is 3. The SMILES string of the molecule is Cc1nc2c(cc(CN(C)C(=O)c3ccc4c(cnn4C)c3)n2C)c(-c2cc(F)c3c(c2C)CCCO3)c1[C@H](OC(C)(C)C)C(=O)O. The third kappa shape index (κ3) is 5.73. The van der Waals surface area contributed by atoms with Gasteiger partial charge >= 0.3 is 5.97 Å². The normalized spacial score (nSPS) is 13.9. The van der Waals surface area contributed by atoms with E-state index in [1.165, 1.54) is 6.07 Å². The Kier molecular flexibility index (Phi) is 8.07. The van der Waals surface area contributed by atoms with Crippen LogP contribution in [0, 0.1) is 19.7 Å². The molecule has 5 aromatic rings. The minimum atomic E-state index is -1.37. The number of carbonyl (C=O) groups is 2. The number of carboxylic acid groups (broad SMARTS) is 1. The molecular formula is C36H40FN5O5. The standard InChI is InChI=1S/C36H40FN5O5/c1-19-24-10-9-13-46-31(24)27(37)16-25(19)30-26-15-23(18-40(6)34(43)21-11-12-28-22(14-21)17-38-42(28)8)41(7)33(26)39-20(2)29(30)32(35(44)45)47-36(3,4)5/h11-12,14-17,32H,9-10,13,18H2,1-8H3,(H,44,45)/t32-/m0/s1. The fraction of sp³-hybridized carbons (Fsp3) is 0.389. The van der Waals surface area contributed by atoms with Crippen LogP contribution in [0.25, 0.3) is 33.1 Å². The zero-order valence-corrected chi connectivity index (χ0v) is 28.1. The summed E-state index contributed by atoms with van der Waals surface area (Å²) >= 11 is 0. The second-order valence-corrected chi connectivity index (χ2v) is 13.4. The summed E-state index contributed by atoms with van der Waals surface area (Å²) < 4.78 is 31.2. The molecular weight excluding hydrogens is 601 g/mol. The second kappa shape index (κ2) is 11.8. The number of carbonyl (C=O) groups excluding carboxylic acids is 1. The number of hydrogen-bond acceptors (Lipinski definition) is 6. The van der Waals surface area contributed by atoms with E-state index in [-0.39, 0.29) is 18.2 Å². The Bertz CT molecular complexity index is 2070. The number of halogens is 1. The van der Waals surface area contributed by atoms with Gasteiger partial charge in [-0.2, -0.15) is 5.10 Å². The highest BCUT2D eigenvalue weighted by Gasteiger charge is 2.34. The molecule has 6 rings (SSSR count). The van der Waals surface area contributed by atoms with Crippen LogP contribution in [0.1, 0.15) is 71.7 Å². The van der Waals surface area contributed by atoms with Gasteiger partial charge in [0.15, 0.2) is 17.7 Å². The van der Waals surface area contributed by atoms with Crippen molar-refractivity contribution in [3.8, 4) is 16.9 Å². The third-order valence-electron chi connectivity index (χ3n) is 8.90. The lowest BCUT2D eigenvalue weighted by Gasteiger charge is -2.29. The minimum absolute atomic E-state index is 0.164. The summed E-state index contributed by atoms with van der Waals surface area (Å²) in [6.07, 6.45) is 1.76. The van der Waals surface area contributed by atoms with Gasteiger partial charge in [-0.25, -0.2) is 14.2 Å². The summed E-state index contributed by atoms with van der Waals surface area (Å²) in [7, 11) is 5.45. The summed E-state index contributed by atoms with van der Waals surface area (Å²) in [4.78, 5) is 32.9. The molecule has 0 spiro atoms. The van der Waals surface area contributed by atoms with Crippen molar-refractivity contribution < 1.29 is 28.6 Å². The van der Waals surface area contributed by atoms with Crippen LogP contribution in [0.3, 0.4) is 0 Å². The van der Waals surface area contributed by atoms with Crippen molar-refractivity contribution in [2.45, 2.75) is 65.7 Å². The molecule has 1 aliphatic heterocycles. The van der Waals surface area contributed by atoms with Crippen molar-refractivity contribution in [3.05, 3.63) is 76.0 Å². The van der Waals surface area contributed by atoms with E-state index < -0.39 is 23.5 Å². The van der Waals surface area contributed by atoms with Gasteiger partial charge in [0.25, 0.3) is 5.91 Å².